The van der Waals surface area contributed by atoms with Crippen molar-refractivity contribution >= 4 is 17.5 Å². The highest BCUT2D eigenvalue weighted by molar-refractivity contribution is 6.05. The first kappa shape index (κ1) is 19.8. The highest BCUT2D eigenvalue weighted by atomic mass is 19.1. The number of carbonyl (C=O) groups excluding carboxylic acids is 2. The van der Waals surface area contributed by atoms with E-state index in [2.05, 4.69) is 10.2 Å². The van der Waals surface area contributed by atoms with E-state index >= 15 is 0 Å². The number of Topliss-reactive ketones (excluding diaryl/α,β-unsaturated/α-hetero) is 1. The van der Waals surface area contributed by atoms with Gasteiger partial charge in [-0.1, -0.05) is 0 Å². The molecule has 2 N–H and O–H groups in total. The van der Waals surface area contributed by atoms with Crippen LogP contribution in [0.1, 0.15) is 35.3 Å². The fourth-order valence-electron chi connectivity index (χ4n) is 3.83. The molecule has 9 heteroatoms. The van der Waals surface area contributed by atoms with Gasteiger partial charge in [0.05, 0.1) is 23.5 Å². The zero-order valence-electron chi connectivity index (χ0n) is 16.7. The Hall–Kier alpha value is -3.49. The van der Waals surface area contributed by atoms with Crippen molar-refractivity contribution in [1.29, 1.82) is 0 Å². The number of benzene rings is 1. The minimum absolute atomic E-state index is 0.0785. The zero-order valence-corrected chi connectivity index (χ0v) is 16.7. The van der Waals surface area contributed by atoms with Crippen molar-refractivity contribution in [1.82, 2.24) is 24.5 Å². The molecule has 0 saturated carbocycles. The Morgan fingerprint density at radius 2 is 1.97 bits per heavy atom. The van der Waals surface area contributed by atoms with E-state index in [4.69, 9.17) is 5.73 Å². The highest BCUT2D eigenvalue weighted by Crippen LogP contribution is 2.26. The molecule has 2 aromatic heterocycles. The van der Waals surface area contributed by atoms with Crippen molar-refractivity contribution < 1.29 is 14.0 Å². The quantitative estimate of drug-likeness (QED) is 0.629. The molecule has 3 heterocycles. The lowest BCUT2D eigenvalue weighted by atomic mass is 10.0. The molecule has 1 atom stereocenters. The van der Waals surface area contributed by atoms with E-state index in [-0.39, 0.29) is 35.3 Å². The van der Waals surface area contributed by atoms with E-state index in [9.17, 15) is 14.0 Å². The molecule has 0 spiro atoms. The summed E-state index contributed by atoms with van der Waals surface area (Å²) in [5.41, 5.74) is 7.99. The number of halogens is 1. The van der Waals surface area contributed by atoms with Crippen LogP contribution in [-0.2, 0) is 11.3 Å². The van der Waals surface area contributed by atoms with Gasteiger partial charge in [-0.3, -0.25) is 14.3 Å². The predicted molar refractivity (Wildman–Crippen MR) is 109 cm³/mol. The van der Waals surface area contributed by atoms with Crippen molar-refractivity contribution in [2.45, 2.75) is 38.8 Å². The fourth-order valence-corrected chi connectivity index (χ4v) is 3.83. The van der Waals surface area contributed by atoms with Crippen LogP contribution in [0.4, 0.5) is 10.2 Å². The van der Waals surface area contributed by atoms with Gasteiger partial charge in [-0.25, -0.2) is 9.07 Å². The Labute approximate surface area is 173 Å². The summed E-state index contributed by atoms with van der Waals surface area (Å²) in [5, 5.41) is 8.38. The lowest BCUT2D eigenvalue weighted by Gasteiger charge is -2.23. The van der Waals surface area contributed by atoms with Gasteiger partial charge in [0.2, 0.25) is 5.91 Å². The lowest BCUT2D eigenvalue weighted by Crippen LogP contribution is -2.41. The van der Waals surface area contributed by atoms with E-state index in [0.717, 1.165) is 12.1 Å². The molecule has 1 aliphatic heterocycles. The molecule has 0 bridgehead atoms. The van der Waals surface area contributed by atoms with Crippen LogP contribution >= 0.6 is 0 Å². The molecule has 0 unspecified atom stereocenters. The third kappa shape index (κ3) is 3.70. The van der Waals surface area contributed by atoms with Crippen molar-refractivity contribution in [3.05, 3.63) is 59.8 Å². The molecule has 156 valence electrons. The zero-order chi connectivity index (χ0) is 21.3. The van der Waals surface area contributed by atoms with E-state index in [0.29, 0.717) is 25.2 Å². The van der Waals surface area contributed by atoms with Crippen molar-refractivity contribution in [2.75, 3.05) is 12.3 Å². The Bertz CT molecular complexity index is 1070. The minimum atomic E-state index is -0.551. The van der Waals surface area contributed by atoms with Crippen LogP contribution in [0.15, 0.2) is 42.7 Å². The summed E-state index contributed by atoms with van der Waals surface area (Å²) in [6, 6.07) is 7.01. The number of likely N-dealkylation sites (tertiary alicyclic amines) is 1. The molecule has 4 rings (SSSR count). The molecule has 3 aromatic rings. The second-order valence-corrected chi connectivity index (χ2v) is 7.39. The van der Waals surface area contributed by atoms with Gasteiger partial charge in [-0.2, -0.15) is 10.2 Å². The maximum atomic E-state index is 13.2. The summed E-state index contributed by atoms with van der Waals surface area (Å²) < 4.78 is 16.3. The van der Waals surface area contributed by atoms with Crippen molar-refractivity contribution in [2.24, 2.45) is 0 Å². The average molecular weight is 410 g/mol. The summed E-state index contributed by atoms with van der Waals surface area (Å²) >= 11 is 0. The second kappa shape index (κ2) is 8.10. The van der Waals surface area contributed by atoms with Gasteiger partial charge < -0.3 is 10.6 Å². The molecule has 1 saturated heterocycles. The topological polar surface area (TPSA) is 99.0 Å². The van der Waals surface area contributed by atoms with Gasteiger partial charge in [-0.15, -0.1) is 0 Å². The minimum Gasteiger partial charge on any atom is -0.383 e. The van der Waals surface area contributed by atoms with Gasteiger partial charge in [-0.05, 0) is 50.1 Å². The first-order chi connectivity index (χ1) is 14.5. The molecular weight excluding hydrogens is 387 g/mol. The van der Waals surface area contributed by atoms with E-state index in [1.807, 2.05) is 13.0 Å². The number of aromatic nitrogens is 4. The van der Waals surface area contributed by atoms with Crippen molar-refractivity contribution in [3.8, 4) is 5.69 Å². The number of nitrogen functional groups attached to an aromatic ring is 1. The largest absolute Gasteiger partial charge is 0.383 e. The number of nitrogens with two attached hydrogens (primary N) is 1. The maximum absolute atomic E-state index is 13.2. The average Bonchev–Trinajstić information content (AvgIpc) is 3.46. The van der Waals surface area contributed by atoms with Crippen LogP contribution in [0.3, 0.4) is 0 Å². The Morgan fingerprint density at radius 1 is 1.20 bits per heavy atom. The van der Waals surface area contributed by atoms with Gasteiger partial charge in [0.15, 0.2) is 5.78 Å². The summed E-state index contributed by atoms with van der Waals surface area (Å²) in [5.74, 6) is -0.489. The second-order valence-electron chi connectivity index (χ2n) is 7.39. The number of carbonyl (C=O) groups is 2. The molecule has 1 fully saturated rings. The molecule has 0 radical (unpaired) electrons. The first-order valence-electron chi connectivity index (χ1n) is 9.87. The summed E-state index contributed by atoms with van der Waals surface area (Å²) in [4.78, 5) is 27.6. The summed E-state index contributed by atoms with van der Waals surface area (Å²) in [6.07, 6.45) is 4.73. The summed E-state index contributed by atoms with van der Waals surface area (Å²) in [7, 11) is 0. The number of hydrogen-bond donors (Lipinski definition) is 1. The van der Waals surface area contributed by atoms with Gasteiger partial charge in [0.1, 0.15) is 11.6 Å². The highest BCUT2D eigenvalue weighted by Gasteiger charge is 2.36. The molecule has 0 aliphatic carbocycles. The Morgan fingerprint density at radius 3 is 2.67 bits per heavy atom. The molecule has 1 aliphatic rings. The third-order valence-corrected chi connectivity index (χ3v) is 5.49. The van der Waals surface area contributed by atoms with E-state index < -0.39 is 6.04 Å². The molecule has 8 nitrogen and oxygen atoms in total. The number of amides is 1. The van der Waals surface area contributed by atoms with E-state index in [1.165, 1.54) is 35.1 Å². The first-order valence-corrected chi connectivity index (χ1v) is 9.87. The monoisotopic (exact) mass is 410 g/mol. The number of hydrogen-bond acceptors (Lipinski definition) is 5. The predicted octanol–water partition coefficient (Wildman–Crippen LogP) is 2.36. The molecule has 1 amide bonds. The molecule has 30 heavy (non-hydrogen) atoms. The number of rotatable bonds is 6. The van der Waals surface area contributed by atoms with Crippen LogP contribution in [0.2, 0.25) is 0 Å². The van der Waals surface area contributed by atoms with Crippen molar-refractivity contribution in [3.63, 3.8) is 0 Å². The standard InChI is InChI=1S/C21H23FN6O2/c1-14-8-10-24-27(14)12-9-19(29)26-11-2-3-18(26)20(30)17-13-25-28(21(17)23)16-6-4-15(22)5-7-16/h4-8,10,13,18H,2-3,9,11-12,23H2,1H3/t18-/m0/s1. The Balaban J connectivity index is 1.49. The van der Waals surface area contributed by atoms with E-state index in [1.54, 1.807) is 15.8 Å². The number of nitrogens with zero attached hydrogens (tertiary/aromatic N) is 5. The number of aryl methyl sites for hydroxylation is 2. The van der Waals surface area contributed by atoms with Crippen LogP contribution in [0, 0.1) is 12.7 Å². The van der Waals surface area contributed by atoms with Crippen LogP contribution in [-0.4, -0.2) is 48.7 Å². The summed E-state index contributed by atoms with van der Waals surface area (Å²) in [6.45, 7) is 2.94. The smallest absolute Gasteiger partial charge is 0.225 e. The molecule has 1 aromatic carbocycles. The third-order valence-electron chi connectivity index (χ3n) is 5.49. The number of anilines is 1. The maximum Gasteiger partial charge on any atom is 0.225 e. The normalized spacial score (nSPS) is 16.2. The van der Waals surface area contributed by atoms with Crippen LogP contribution in [0.5, 0.6) is 0 Å². The molecular formula is C21H23FN6O2. The number of ketones is 1. The van der Waals surface area contributed by atoms with Crippen LogP contribution in [0.25, 0.3) is 5.69 Å². The van der Waals surface area contributed by atoms with Gasteiger partial charge in [0, 0.05) is 31.4 Å². The SMILES string of the molecule is Cc1ccnn1CCC(=O)N1CCC[C@H]1C(=O)c1cnn(-c2ccc(F)cc2)c1N. The lowest BCUT2D eigenvalue weighted by molar-refractivity contribution is -0.131. The van der Waals surface area contributed by atoms with Gasteiger partial charge >= 0.3 is 0 Å². The fraction of sp³-hybridized carbons (Fsp3) is 0.333. The van der Waals surface area contributed by atoms with Gasteiger partial charge in [0.25, 0.3) is 0 Å². The Kier molecular flexibility index (Phi) is 5.35. The van der Waals surface area contributed by atoms with Crippen LogP contribution < -0.4 is 5.73 Å².